The smallest absolute Gasteiger partial charge is 0.472 e. The number of nitrogens with one attached hydrogen (secondary N) is 1. The summed E-state index contributed by atoms with van der Waals surface area (Å²) in [6, 6.07) is 0. The van der Waals surface area contributed by atoms with Gasteiger partial charge in [-0.2, -0.15) is 0 Å². The Balaban J connectivity index is 2.40. The fourth-order valence-electron chi connectivity index (χ4n) is 7.05. The Bertz CT molecular complexity index is 1250. The lowest BCUT2D eigenvalue weighted by molar-refractivity contribution is -0.317. The first kappa shape index (κ1) is 59.1. The largest absolute Gasteiger partial charge is 0.498 e. The molecule has 63 heavy (non-hydrogen) atoms. The maximum atomic E-state index is 12.8. The van der Waals surface area contributed by atoms with Gasteiger partial charge in [0.1, 0.15) is 24.9 Å². The third-order valence-corrected chi connectivity index (χ3v) is 12.0. The van der Waals surface area contributed by atoms with Crippen molar-refractivity contribution in [1.82, 2.24) is 5.32 Å². The van der Waals surface area contributed by atoms with Gasteiger partial charge in [0.2, 0.25) is 5.79 Å². The van der Waals surface area contributed by atoms with Crippen molar-refractivity contribution in [2.45, 2.75) is 217 Å². The molecule has 1 saturated heterocycles. The van der Waals surface area contributed by atoms with Gasteiger partial charge < -0.3 is 44.8 Å². The molecule has 6 N–H and O–H groups in total. The Kier molecular flexibility index (Phi) is 37.9. The van der Waals surface area contributed by atoms with Crippen LogP contribution in [0.15, 0.2) is 48.8 Å². The van der Waals surface area contributed by atoms with Crippen LogP contribution in [0.2, 0.25) is 0 Å². The van der Waals surface area contributed by atoms with Gasteiger partial charge in [-0.3, -0.25) is 13.8 Å². The molecule has 13 nitrogen and oxygen atoms in total. The molecule has 0 bridgehead atoms. The molecule has 0 spiro atoms. The van der Waals surface area contributed by atoms with Gasteiger partial charge in [-0.15, -0.1) is 0 Å². The number of phosphoric ester groups is 1. The third kappa shape index (κ3) is 34.1. The molecule has 0 aromatic carbocycles. The SMILES string of the molecule is CCCCC/C=C\C/C=C\C/C=C\CCCCCCC(=O)O[C@H](CO/C=C\CCCCCCCCCCCCCCCC)COP(=O)(O)OCCNC[C@@]1(O)OC[C@@H](O)[C@@H](O)[C@@H]1O. The lowest BCUT2D eigenvalue weighted by atomic mass is 9.97. The van der Waals surface area contributed by atoms with Crippen LogP contribution < -0.4 is 5.32 Å². The normalized spacial score (nSPS) is 21.0. The molecule has 1 unspecified atom stereocenters. The van der Waals surface area contributed by atoms with Crippen LogP contribution in [-0.2, 0) is 32.6 Å². The topological polar surface area (TPSA) is 193 Å². The number of rotatable bonds is 43. The number of aliphatic hydroxyl groups is 4. The van der Waals surface area contributed by atoms with Crippen molar-refractivity contribution >= 4 is 13.8 Å². The zero-order chi connectivity index (χ0) is 46.1. The van der Waals surface area contributed by atoms with E-state index in [1.54, 1.807) is 6.26 Å². The number of hydrogen-bond acceptors (Lipinski definition) is 12. The van der Waals surface area contributed by atoms with Gasteiger partial charge in [-0.1, -0.05) is 159 Å². The van der Waals surface area contributed by atoms with Crippen LogP contribution in [0.4, 0.5) is 0 Å². The van der Waals surface area contributed by atoms with Gasteiger partial charge in [-0.05, 0) is 63.9 Å². The summed E-state index contributed by atoms with van der Waals surface area (Å²) in [7, 11) is -4.58. The Morgan fingerprint density at radius 2 is 1.19 bits per heavy atom. The van der Waals surface area contributed by atoms with Crippen LogP contribution in [0, 0.1) is 0 Å². The van der Waals surface area contributed by atoms with Crippen molar-refractivity contribution in [1.29, 1.82) is 0 Å². The average molecular weight is 916 g/mol. The van der Waals surface area contributed by atoms with Crippen LogP contribution in [0.1, 0.15) is 187 Å². The average Bonchev–Trinajstić information content (AvgIpc) is 3.26. The molecule has 1 rings (SSSR count). The van der Waals surface area contributed by atoms with E-state index < -0.39 is 50.6 Å². The third-order valence-electron chi connectivity index (χ3n) is 11.0. The van der Waals surface area contributed by atoms with Crippen molar-refractivity contribution in [3.05, 3.63) is 48.8 Å². The monoisotopic (exact) mass is 916 g/mol. The molecule has 0 radical (unpaired) electrons. The molecule has 0 aromatic heterocycles. The number of esters is 1. The lowest BCUT2D eigenvalue weighted by Gasteiger charge is -2.41. The van der Waals surface area contributed by atoms with E-state index in [2.05, 4.69) is 55.6 Å². The lowest BCUT2D eigenvalue weighted by Crippen LogP contribution is -2.64. The van der Waals surface area contributed by atoms with E-state index in [1.807, 2.05) is 6.08 Å². The number of phosphoric acid groups is 1. The van der Waals surface area contributed by atoms with E-state index in [1.165, 1.54) is 103 Å². The Morgan fingerprint density at radius 3 is 1.78 bits per heavy atom. The summed E-state index contributed by atoms with van der Waals surface area (Å²) < 4.78 is 39.2. The van der Waals surface area contributed by atoms with E-state index >= 15 is 0 Å². The number of allylic oxidation sites excluding steroid dienone is 7. The van der Waals surface area contributed by atoms with Gasteiger partial charge >= 0.3 is 13.8 Å². The predicted molar refractivity (Wildman–Crippen MR) is 252 cm³/mol. The van der Waals surface area contributed by atoms with Gasteiger partial charge in [0.15, 0.2) is 6.10 Å². The molecule has 1 aliphatic heterocycles. The molecule has 0 amide bonds. The Hall–Kier alpha value is -1.90. The van der Waals surface area contributed by atoms with Crippen molar-refractivity contribution in [3.8, 4) is 0 Å². The number of carbonyl (C=O) groups is 1. The molecule has 14 heteroatoms. The van der Waals surface area contributed by atoms with Gasteiger partial charge in [0, 0.05) is 13.0 Å². The predicted octanol–water partition coefficient (Wildman–Crippen LogP) is 10.2. The second-order valence-corrected chi connectivity index (χ2v) is 18.4. The van der Waals surface area contributed by atoms with Crippen LogP contribution >= 0.6 is 7.82 Å². The fourth-order valence-corrected chi connectivity index (χ4v) is 7.80. The first-order chi connectivity index (χ1) is 30.5. The highest BCUT2D eigenvalue weighted by atomic mass is 31.2. The maximum absolute atomic E-state index is 12.8. The van der Waals surface area contributed by atoms with E-state index in [0.29, 0.717) is 6.42 Å². The van der Waals surface area contributed by atoms with Crippen molar-refractivity contribution in [2.24, 2.45) is 0 Å². The minimum atomic E-state index is -4.58. The number of unbranched alkanes of at least 4 members (excludes halogenated alkanes) is 21. The van der Waals surface area contributed by atoms with E-state index in [4.69, 9.17) is 23.3 Å². The maximum Gasteiger partial charge on any atom is 0.472 e. The Morgan fingerprint density at radius 1 is 0.698 bits per heavy atom. The molecule has 0 aromatic rings. The minimum Gasteiger partial charge on any atom is -0.498 e. The number of aliphatic hydroxyl groups excluding tert-OH is 3. The second kappa shape index (κ2) is 40.4. The highest BCUT2D eigenvalue weighted by Gasteiger charge is 2.48. The van der Waals surface area contributed by atoms with Crippen LogP contribution in [0.25, 0.3) is 0 Å². The molecular formula is C49H90NO12P. The van der Waals surface area contributed by atoms with Gasteiger partial charge in [0.25, 0.3) is 0 Å². The fraction of sp³-hybridized carbons (Fsp3) is 0.816. The van der Waals surface area contributed by atoms with Crippen molar-refractivity contribution in [3.63, 3.8) is 0 Å². The summed E-state index contributed by atoms with van der Waals surface area (Å²) in [6.45, 7) is 2.86. The molecule has 0 saturated carbocycles. The molecule has 6 atom stereocenters. The number of ether oxygens (including phenoxy) is 3. The molecular weight excluding hydrogens is 826 g/mol. The highest BCUT2D eigenvalue weighted by molar-refractivity contribution is 7.47. The van der Waals surface area contributed by atoms with Crippen molar-refractivity contribution < 1.29 is 57.9 Å². The molecule has 1 fully saturated rings. The van der Waals surface area contributed by atoms with E-state index in [-0.39, 0.29) is 39.3 Å². The summed E-state index contributed by atoms with van der Waals surface area (Å²) in [5, 5.41) is 42.7. The summed E-state index contributed by atoms with van der Waals surface area (Å²) in [6.07, 6.45) is 41.9. The second-order valence-electron chi connectivity index (χ2n) is 17.0. The summed E-state index contributed by atoms with van der Waals surface area (Å²) in [5.41, 5.74) is 0. The molecule has 0 aliphatic carbocycles. The van der Waals surface area contributed by atoms with Crippen LogP contribution in [-0.4, -0.2) is 101 Å². The zero-order valence-electron chi connectivity index (χ0n) is 39.3. The highest BCUT2D eigenvalue weighted by Crippen LogP contribution is 2.43. The summed E-state index contributed by atoms with van der Waals surface area (Å²) >= 11 is 0. The Labute approximate surface area is 381 Å². The van der Waals surface area contributed by atoms with Crippen LogP contribution in [0.5, 0.6) is 0 Å². The van der Waals surface area contributed by atoms with Gasteiger partial charge in [0.05, 0.1) is 32.6 Å². The van der Waals surface area contributed by atoms with E-state index in [9.17, 15) is 34.7 Å². The molecule has 368 valence electrons. The van der Waals surface area contributed by atoms with E-state index in [0.717, 1.165) is 57.8 Å². The quantitative estimate of drug-likeness (QED) is 0.0111. The first-order valence-electron chi connectivity index (χ1n) is 24.7. The molecule has 1 aliphatic rings. The summed E-state index contributed by atoms with van der Waals surface area (Å²) in [5.74, 6) is -2.61. The van der Waals surface area contributed by atoms with Crippen molar-refractivity contribution in [2.75, 3.05) is 39.5 Å². The molecule has 1 heterocycles. The van der Waals surface area contributed by atoms with Gasteiger partial charge in [-0.25, -0.2) is 4.57 Å². The number of hydrogen-bond donors (Lipinski definition) is 6. The minimum absolute atomic E-state index is 0.0540. The zero-order valence-corrected chi connectivity index (χ0v) is 40.2. The summed E-state index contributed by atoms with van der Waals surface area (Å²) in [4.78, 5) is 23.1. The first-order valence-corrected chi connectivity index (χ1v) is 26.2. The number of carbonyl (C=O) groups excluding carboxylic acids is 1. The standard InChI is InChI=1S/C49H90NO12P/c1-3-5-7-9-11-13-15-17-19-21-22-24-26-28-30-32-34-36-46(52)62-44(40-58-38-35-33-31-29-27-25-23-20-18-16-14-12-10-8-6-4-2)41-61-63(56,57)60-39-37-50-43-49(55)48(54)47(53)45(51)42-59-49/h11,13,17,19,22,24,35,38,44-45,47-48,50-51,53-55H,3-10,12,14-16,18,20-21,23,25-34,36-37,39-43H2,1-2H3,(H,56,57)/b13-11-,19-17-,24-22-,38-35-/t44-,45-,47-,48+,49-/m1/s1. The van der Waals surface area contributed by atoms with Crippen LogP contribution in [0.3, 0.4) is 0 Å².